The lowest BCUT2D eigenvalue weighted by Gasteiger charge is -2.07. The zero-order valence-corrected chi connectivity index (χ0v) is 14.0. The first-order valence-corrected chi connectivity index (χ1v) is 7.84. The van der Waals surface area contributed by atoms with E-state index in [9.17, 15) is 9.59 Å². The maximum atomic E-state index is 12.1. The van der Waals surface area contributed by atoms with E-state index in [1.165, 1.54) is 6.92 Å². The average Bonchev–Trinajstić information content (AvgIpc) is 2.80. The summed E-state index contributed by atoms with van der Waals surface area (Å²) >= 11 is 13.4. The van der Waals surface area contributed by atoms with E-state index in [4.69, 9.17) is 28.3 Å². The van der Waals surface area contributed by atoms with Gasteiger partial charge in [0.2, 0.25) is 0 Å². The Bertz CT molecular complexity index is 725. The average molecular weight is 359 g/mol. The fourth-order valence-corrected chi connectivity index (χ4v) is 3.47. The number of carboxylic acids is 1. The van der Waals surface area contributed by atoms with Crippen LogP contribution in [0.15, 0.2) is 18.2 Å². The summed E-state index contributed by atoms with van der Waals surface area (Å²) in [6.45, 7) is 3.06. The number of carbonyl (C=O) groups excluding carboxylic acids is 1. The third-order valence-corrected chi connectivity index (χ3v) is 4.70. The minimum Gasteiger partial charge on any atom is -0.480 e. The molecule has 1 aromatic carbocycles. The summed E-state index contributed by atoms with van der Waals surface area (Å²) in [5.41, 5.74) is 1.05. The van der Waals surface area contributed by atoms with Crippen LogP contribution in [0.1, 0.15) is 22.3 Å². The zero-order chi connectivity index (χ0) is 16.4. The molecule has 1 heterocycles. The molecule has 0 fully saturated rings. The Labute approximate surface area is 140 Å². The molecule has 116 valence electrons. The van der Waals surface area contributed by atoms with Crippen LogP contribution in [0, 0.1) is 6.92 Å². The van der Waals surface area contributed by atoms with Crippen molar-refractivity contribution in [2.24, 2.45) is 0 Å². The number of aliphatic carboxylic acids is 1. The summed E-state index contributed by atoms with van der Waals surface area (Å²) in [6, 6.07) is 4.11. The van der Waals surface area contributed by atoms with Gasteiger partial charge in [0, 0.05) is 5.56 Å². The van der Waals surface area contributed by atoms with Gasteiger partial charge in [0.25, 0.3) is 5.91 Å². The number of hydrogen-bond donors (Lipinski definition) is 2. The number of carboxylic acid groups (broad SMARTS) is 1. The number of hydrogen-bond acceptors (Lipinski definition) is 4. The van der Waals surface area contributed by atoms with E-state index in [2.05, 4.69) is 10.3 Å². The molecule has 0 saturated heterocycles. The van der Waals surface area contributed by atoms with Gasteiger partial charge in [0.05, 0.1) is 15.7 Å². The Balaban J connectivity index is 2.36. The topological polar surface area (TPSA) is 79.3 Å². The third-order valence-electron chi connectivity index (χ3n) is 2.90. The predicted octanol–water partition coefficient (Wildman–Crippen LogP) is 3.63. The summed E-state index contributed by atoms with van der Waals surface area (Å²) in [4.78, 5) is 27.6. The molecule has 1 amide bonds. The highest BCUT2D eigenvalue weighted by Crippen LogP contribution is 2.37. The van der Waals surface area contributed by atoms with E-state index in [0.717, 1.165) is 11.3 Å². The zero-order valence-electron chi connectivity index (χ0n) is 11.7. The number of halogens is 2. The molecule has 1 unspecified atom stereocenters. The molecule has 0 bridgehead atoms. The molecule has 0 spiro atoms. The second-order valence-corrected chi connectivity index (χ2v) is 6.38. The largest absolute Gasteiger partial charge is 0.480 e. The van der Waals surface area contributed by atoms with Gasteiger partial charge in [0.1, 0.15) is 15.9 Å². The molecule has 22 heavy (non-hydrogen) atoms. The highest BCUT2D eigenvalue weighted by molar-refractivity contribution is 7.17. The van der Waals surface area contributed by atoms with Gasteiger partial charge in [-0.3, -0.25) is 9.59 Å². The smallest absolute Gasteiger partial charge is 0.325 e. The highest BCUT2D eigenvalue weighted by atomic mass is 35.5. The van der Waals surface area contributed by atoms with Gasteiger partial charge in [-0.1, -0.05) is 29.3 Å². The fraction of sp³-hybridized carbons (Fsp3) is 0.214. The van der Waals surface area contributed by atoms with Gasteiger partial charge < -0.3 is 10.4 Å². The first kappa shape index (κ1) is 16.7. The van der Waals surface area contributed by atoms with Crippen LogP contribution < -0.4 is 5.32 Å². The summed E-state index contributed by atoms with van der Waals surface area (Å²) < 4.78 is 0. The number of aryl methyl sites for hydroxylation is 1. The Hall–Kier alpha value is -1.63. The lowest BCUT2D eigenvalue weighted by atomic mass is 10.2. The Kier molecular flexibility index (Phi) is 5.05. The van der Waals surface area contributed by atoms with Gasteiger partial charge in [-0.05, 0) is 26.0 Å². The van der Waals surface area contributed by atoms with E-state index in [-0.39, 0.29) is 0 Å². The van der Waals surface area contributed by atoms with Gasteiger partial charge in [-0.2, -0.15) is 0 Å². The van der Waals surface area contributed by atoms with Crippen LogP contribution in [0.3, 0.4) is 0 Å². The number of rotatable bonds is 4. The molecule has 1 atom stereocenters. The number of nitrogens with one attached hydrogen (secondary N) is 1. The maximum Gasteiger partial charge on any atom is 0.325 e. The quantitative estimate of drug-likeness (QED) is 0.874. The predicted molar refractivity (Wildman–Crippen MR) is 86.9 cm³/mol. The van der Waals surface area contributed by atoms with Gasteiger partial charge in [-0.15, -0.1) is 11.3 Å². The molecule has 0 aliphatic rings. The highest BCUT2D eigenvalue weighted by Gasteiger charge is 2.22. The molecule has 2 N–H and O–H groups in total. The molecule has 0 aliphatic heterocycles. The molecular formula is C14H12Cl2N2O3S. The monoisotopic (exact) mass is 358 g/mol. The number of aromatic nitrogens is 1. The summed E-state index contributed by atoms with van der Waals surface area (Å²) in [5.74, 6) is -1.59. The first-order chi connectivity index (χ1) is 10.3. The van der Waals surface area contributed by atoms with Crippen molar-refractivity contribution in [1.82, 2.24) is 10.3 Å². The van der Waals surface area contributed by atoms with Crippen molar-refractivity contribution in [2.75, 3.05) is 0 Å². The van der Waals surface area contributed by atoms with Crippen molar-refractivity contribution in [3.63, 3.8) is 0 Å². The van der Waals surface area contributed by atoms with Crippen LogP contribution in [0.4, 0.5) is 0 Å². The number of benzene rings is 1. The van der Waals surface area contributed by atoms with Crippen molar-refractivity contribution >= 4 is 46.4 Å². The van der Waals surface area contributed by atoms with Crippen LogP contribution in [0.5, 0.6) is 0 Å². The minimum absolute atomic E-state index is 0.332. The molecule has 5 nitrogen and oxygen atoms in total. The fourth-order valence-electron chi connectivity index (χ4n) is 1.74. The normalized spacial score (nSPS) is 12.0. The van der Waals surface area contributed by atoms with Crippen molar-refractivity contribution in [2.45, 2.75) is 19.9 Å². The van der Waals surface area contributed by atoms with Crippen molar-refractivity contribution in [3.05, 3.63) is 38.8 Å². The standard InChI is InChI=1S/C14H12Cl2N2O3S/c1-6-11(12(19)17-7(2)14(20)21)22-13(18-6)10-8(15)4-3-5-9(10)16/h3-5,7H,1-2H3,(H,17,19)(H,20,21). The lowest BCUT2D eigenvalue weighted by molar-refractivity contribution is -0.138. The molecule has 0 saturated carbocycles. The number of nitrogens with zero attached hydrogens (tertiary/aromatic N) is 1. The van der Waals surface area contributed by atoms with E-state index >= 15 is 0 Å². The van der Waals surface area contributed by atoms with E-state index in [1.807, 2.05) is 0 Å². The Morgan fingerprint density at radius 2 is 1.91 bits per heavy atom. The van der Waals surface area contributed by atoms with Gasteiger partial charge >= 0.3 is 5.97 Å². The molecular weight excluding hydrogens is 347 g/mol. The van der Waals surface area contributed by atoms with Crippen LogP contribution in [0.25, 0.3) is 10.6 Å². The van der Waals surface area contributed by atoms with Crippen LogP contribution in [-0.2, 0) is 4.79 Å². The van der Waals surface area contributed by atoms with E-state index in [1.54, 1.807) is 25.1 Å². The first-order valence-electron chi connectivity index (χ1n) is 6.26. The maximum absolute atomic E-state index is 12.1. The van der Waals surface area contributed by atoms with Gasteiger partial charge in [-0.25, -0.2) is 4.98 Å². The minimum atomic E-state index is -1.11. The summed E-state index contributed by atoms with van der Waals surface area (Å²) in [5, 5.41) is 12.6. The van der Waals surface area contributed by atoms with Gasteiger partial charge in [0.15, 0.2) is 0 Å². The van der Waals surface area contributed by atoms with Crippen LogP contribution >= 0.6 is 34.5 Å². The number of thiazole rings is 1. The van der Waals surface area contributed by atoms with E-state index < -0.39 is 17.9 Å². The number of amides is 1. The van der Waals surface area contributed by atoms with Crippen molar-refractivity contribution in [1.29, 1.82) is 0 Å². The molecule has 8 heteroatoms. The SMILES string of the molecule is Cc1nc(-c2c(Cl)cccc2Cl)sc1C(=O)NC(C)C(=O)O. The molecule has 0 aliphatic carbocycles. The third kappa shape index (κ3) is 3.40. The molecule has 1 aromatic heterocycles. The Morgan fingerprint density at radius 1 is 1.32 bits per heavy atom. The van der Waals surface area contributed by atoms with Crippen LogP contribution in [-0.4, -0.2) is 28.0 Å². The van der Waals surface area contributed by atoms with Crippen molar-refractivity contribution < 1.29 is 14.7 Å². The van der Waals surface area contributed by atoms with Crippen molar-refractivity contribution in [3.8, 4) is 10.6 Å². The molecule has 2 aromatic rings. The second kappa shape index (κ2) is 6.64. The summed E-state index contributed by atoms with van der Waals surface area (Å²) in [7, 11) is 0. The van der Waals surface area contributed by atoms with E-state index in [0.29, 0.717) is 31.2 Å². The van der Waals surface area contributed by atoms with Crippen LogP contribution in [0.2, 0.25) is 10.0 Å². The Morgan fingerprint density at radius 3 is 2.45 bits per heavy atom. The molecule has 0 radical (unpaired) electrons. The second-order valence-electron chi connectivity index (χ2n) is 4.56. The summed E-state index contributed by atoms with van der Waals surface area (Å²) in [6.07, 6.45) is 0. The lowest BCUT2D eigenvalue weighted by Crippen LogP contribution is -2.38. The molecule has 2 rings (SSSR count). The number of carbonyl (C=O) groups is 2.